The fourth-order valence-corrected chi connectivity index (χ4v) is 3.79. The topological polar surface area (TPSA) is 79.3 Å². The highest BCUT2D eigenvalue weighted by atomic mass is 16.4. The van der Waals surface area contributed by atoms with Gasteiger partial charge in [-0.15, -0.1) is 0 Å². The summed E-state index contributed by atoms with van der Waals surface area (Å²) in [6.07, 6.45) is 4.52. The molecule has 5 nitrogen and oxygen atoms in total. The number of nitrogens with one attached hydrogen (secondary N) is 1. The molecule has 1 aliphatic carbocycles. The first-order chi connectivity index (χ1) is 13.5. The van der Waals surface area contributed by atoms with Gasteiger partial charge in [0.05, 0.1) is 16.8 Å². The van der Waals surface area contributed by atoms with Crippen LogP contribution < -0.4 is 5.32 Å². The average Bonchev–Trinajstić information content (AvgIpc) is 2.67. The Hall–Kier alpha value is -3.47. The van der Waals surface area contributed by atoms with Crippen molar-refractivity contribution in [2.75, 3.05) is 5.32 Å². The zero-order chi connectivity index (χ0) is 19.7. The molecule has 0 fully saturated rings. The van der Waals surface area contributed by atoms with E-state index in [4.69, 9.17) is 4.98 Å². The van der Waals surface area contributed by atoms with E-state index in [0.717, 1.165) is 40.9 Å². The Labute approximate surface area is 162 Å². The van der Waals surface area contributed by atoms with E-state index in [1.807, 2.05) is 48.5 Å². The number of amides is 1. The second-order valence-corrected chi connectivity index (χ2v) is 6.96. The number of anilines is 1. The zero-order valence-electron chi connectivity index (χ0n) is 15.5. The molecule has 0 saturated heterocycles. The van der Waals surface area contributed by atoms with E-state index in [2.05, 4.69) is 11.4 Å². The third kappa shape index (κ3) is 3.39. The Balaban J connectivity index is 1.81. The predicted molar refractivity (Wildman–Crippen MR) is 110 cm³/mol. The Bertz CT molecular complexity index is 1110. The molecule has 1 aliphatic rings. The third-order valence-electron chi connectivity index (χ3n) is 4.96. The van der Waals surface area contributed by atoms with E-state index in [9.17, 15) is 14.7 Å². The van der Waals surface area contributed by atoms with Crippen LogP contribution in [0, 0.1) is 0 Å². The molecule has 3 aromatic rings. The van der Waals surface area contributed by atoms with Crippen molar-refractivity contribution in [3.63, 3.8) is 0 Å². The maximum atomic E-state index is 12.0. The van der Waals surface area contributed by atoms with Gasteiger partial charge in [0.1, 0.15) is 0 Å². The van der Waals surface area contributed by atoms with Crippen LogP contribution in [-0.4, -0.2) is 22.0 Å². The van der Waals surface area contributed by atoms with Gasteiger partial charge >= 0.3 is 5.97 Å². The van der Waals surface area contributed by atoms with Crippen LogP contribution >= 0.6 is 0 Å². The number of aromatic nitrogens is 1. The van der Waals surface area contributed by atoms with Gasteiger partial charge in [-0.1, -0.05) is 30.3 Å². The van der Waals surface area contributed by atoms with Crippen molar-refractivity contribution < 1.29 is 14.7 Å². The Morgan fingerprint density at radius 2 is 1.82 bits per heavy atom. The number of carbonyl (C=O) groups excluding carboxylic acids is 1. The summed E-state index contributed by atoms with van der Waals surface area (Å²) >= 11 is 0. The molecule has 0 bridgehead atoms. The minimum atomic E-state index is -0.907. The molecule has 1 aromatic heterocycles. The fraction of sp³-hybridized carbons (Fsp3) is 0.174. The van der Waals surface area contributed by atoms with Crippen LogP contribution in [0.4, 0.5) is 5.69 Å². The number of fused-ring (bicyclic) bond motifs is 2. The van der Waals surface area contributed by atoms with E-state index in [1.165, 1.54) is 6.92 Å². The average molecular weight is 372 g/mol. The first kappa shape index (κ1) is 17.9. The lowest BCUT2D eigenvalue weighted by Crippen LogP contribution is -2.13. The number of pyridine rings is 1. The Morgan fingerprint density at radius 1 is 1.07 bits per heavy atom. The summed E-state index contributed by atoms with van der Waals surface area (Å²) in [6, 6.07) is 15.0. The lowest BCUT2D eigenvalue weighted by atomic mass is 9.86. The first-order valence-electron chi connectivity index (χ1n) is 9.26. The number of carboxylic acids is 1. The molecule has 140 valence electrons. The molecule has 2 aromatic carbocycles. The maximum absolute atomic E-state index is 12.0. The van der Waals surface area contributed by atoms with Crippen molar-refractivity contribution in [3.8, 4) is 0 Å². The van der Waals surface area contributed by atoms with Crippen LogP contribution in [0.15, 0.2) is 48.5 Å². The number of hydrogen-bond donors (Lipinski definition) is 2. The van der Waals surface area contributed by atoms with Crippen LogP contribution in [0.25, 0.3) is 22.6 Å². The molecule has 0 atom stereocenters. The van der Waals surface area contributed by atoms with Gasteiger partial charge in [0, 0.05) is 18.0 Å². The van der Waals surface area contributed by atoms with Crippen LogP contribution in [-0.2, 0) is 11.2 Å². The molecule has 0 radical (unpaired) electrons. The van der Waals surface area contributed by atoms with Gasteiger partial charge in [-0.3, -0.25) is 4.79 Å². The predicted octanol–water partition coefficient (Wildman–Crippen LogP) is 4.77. The normalized spacial score (nSPS) is 14.7. The highest BCUT2D eigenvalue weighted by Gasteiger charge is 2.24. The van der Waals surface area contributed by atoms with Gasteiger partial charge in [0.15, 0.2) is 0 Å². The van der Waals surface area contributed by atoms with E-state index in [-0.39, 0.29) is 5.91 Å². The van der Waals surface area contributed by atoms with E-state index in [1.54, 1.807) is 0 Å². The van der Waals surface area contributed by atoms with Crippen LogP contribution in [0.1, 0.15) is 46.9 Å². The lowest BCUT2D eigenvalue weighted by Gasteiger charge is -2.21. The fourth-order valence-electron chi connectivity index (χ4n) is 3.79. The summed E-state index contributed by atoms with van der Waals surface area (Å²) in [6.45, 7) is 1.48. The number of carbonyl (C=O) groups is 2. The molecule has 1 heterocycles. The summed E-state index contributed by atoms with van der Waals surface area (Å²) in [5.74, 6) is -1.01. The highest BCUT2D eigenvalue weighted by Crippen LogP contribution is 2.36. The van der Waals surface area contributed by atoms with Crippen molar-refractivity contribution >= 4 is 40.1 Å². The van der Waals surface area contributed by atoms with Crippen molar-refractivity contribution in [3.05, 3.63) is 70.9 Å². The van der Waals surface area contributed by atoms with Crippen LogP contribution in [0.2, 0.25) is 0 Å². The highest BCUT2D eigenvalue weighted by molar-refractivity contribution is 6.05. The molecule has 28 heavy (non-hydrogen) atoms. The third-order valence-corrected chi connectivity index (χ3v) is 4.96. The van der Waals surface area contributed by atoms with Crippen LogP contribution in [0.5, 0.6) is 0 Å². The molecule has 2 N–H and O–H groups in total. The molecule has 0 spiro atoms. The second kappa shape index (κ2) is 7.27. The number of hydrogen-bond acceptors (Lipinski definition) is 3. The molecule has 0 aliphatic heterocycles. The number of para-hydroxylation sites is 1. The number of allylic oxidation sites excluding steroid dienone is 1. The number of aromatic carboxylic acids is 1. The molecule has 0 unspecified atom stereocenters. The van der Waals surface area contributed by atoms with Gasteiger partial charge < -0.3 is 10.4 Å². The molecule has 1 amide bonds. The van der Waals surface area contributed by atoms with Crippen LogP contribution in [0.3, 0.4) is 0 Å². The molecular formula is C23H20N2O3. The smallest absolute Gasteiger partial charge is 0.336 e. The Morgan fingerprint density at radius 3 is 2.54 bits per heavy atom. The number of carboxylic acid groups (broad SMARTS) is 1. The summed E-state index contributed by atoms with van der Waals surface area (Å²) in [7, 11) is 0. The van der Waals surface area contributed by atoms with Gasteiger partial charge in [-0.25, -0.2) is 9.78 Å². The monoisotopic (exact) mass is 372 g/mol. The summed E-state index contributed by atoms with van der Waals surface area (Å²) < 4.78 is 0. The second-order valence-electron chi connectivity index (χ2n) is 6.96. The summed E-state index contributed by atoms with van der Waals surface area (Å²) in [5, 5.41) is 13.3. The summed E-state index contributed by atoms with van der Waals surface area (Å²) in [5.41, 5.74) is 5.45. The van der Waals surface area contributed by atoms with Gasteiger partial charge in [-0.05, 0) is 60.2 Å². The molecule has 4 rings (SSSR count). The van der Waals surface area contributed by atoms with Gasteiger partial charge in [-0.2, -0.15) is 0 Å². The Kier molecular flexibility index (Phi) is 4.65. The number of nitrogens with zero attached hydrogens (tertiary/aromatic N) is 1. The number of rotatable bonds is 3. The van der Waals surface area contributed by atoms with Crippen molar-refractivity contribution in [2.45, 2.75) is 26.2 Å². The lowest BCUT2D eigenvalue weighted by molar-refractivity contribution is -0.114. The molecular weight excluding hydrogens is 352 g/mol. The standard InChI is InChI=1S/C23H20N2O3/c1-14(26)24-17-11-9-15(10-12-17)13-16-5-4-7-19-21(23(27)28)18-6-2-3-8-20(18)25-22(16)19/h2-3,6,8-13H,4-5,7H2,1H3,(H,24,26)(H,27,28)/b16-13+. The SMILES string of the molecule is CC(=O)Nc1ccc(/C=C2\CCCc3c2nc2ccccc2c3C(=O)O)cc1. The molecule has 5 heteroatoms. The van der Waals surface area contributed by atoms with E-state index >= 15 is 0 Å². The van der Waals surface area contributed by atoms with E-state index in [0.29, 0.717) is 22.9 Å². The minimum absolute atomic E-state index is 0.107. The summed E-state index contributed by atoms with van der Waals surface area (Å²) in [4.78, 5) is 28.0. The minimum Gasteiger partial charge on any atom is -0.478 e. The maximum Gasteiger partial charge on any atom is 0.336 e. The van der Waals surface area contributed by atoms with Crippen molar-refractivity contribution in [1.82, 2.24) is 4.98 Å². The van der Waals surface area contributed by atoms with Crippen molar-refractivity contribution in [1.29, 1.82) is 0 Å². The van der Waals surface area contributed by atoms with Gasteiger partial charge in [0.25, 0.3) is 0 Å². The zero-order valence-corrected chi connectivity index (χ0v) is 15.5. The quantitative estimate of drug-likeness (QED) is 0.694. The van der Waals surface area contributed by atoms with Gasteiger partial charge in [0.2, 0.25) is 5.91 Å². The van der Waals surface area contributed by atoms with Crippen molar-refractivity contribution in [2.24, 2.45) is 0 Å². The number of benzene rings is 2. The van der Waals surface area contributed by atoms with E-state index < -0.39 is 5.97 Å². The first-order valence-corrected chi connectivity index (χ1v) is 9.26. The largest absolute Gasteiger partial charge is 0.478 e. The molecule has 0 saturated carbocycles.